The molecule has 1 aromatic carbocycles. The van der Waals surface area contributed by atoms with Crippen LogP contribution in [-0.2, 0) is 4.79 Å². The normalized spacial score (nSPS) is 22.8. The third-order valence-electron chi connectivity index (χ3n) is 3.31. The Hall–Kier alpha value is -1.21. The number of oxime groups is 1. The van der Waals surface area contributed by atoms with E-state index in [1.807, 2.05) is 6.92 Å². The molecule has 1 saturated heterocycles. The van der Waals surface area contributed by atoms with Crippen LogP contribution in [0.3, 0.4) is 0 Å². The van der Waals surface area contributed by atoms with Gasteiger partial charge < -0.3 is 16.3 Å². The first-order valence-electron chi connectivity index (χ1n) is 6.19. The summed E-state index contributed by atoms with van der Waals surface area (Å²) in [6.07, 6.45) is 1.90. The van der Waals surface area contributed by atoms with E-state index in [2.05, 4.69) is 26.4 Å². The van der Waals surface area contributed by atoms with Gasteiger partial charge in [0.15, 0.2) is 5.84 Å². The van der Waals surface area contributed by atoms with E-state index in [4.69, 9.17) is 10.9 Å². The largest absolute Gasteiger partial charge is 0.409 e. The number of amidine groups is 1. The molecule has 0 bridgehead atoms. The van der Waals surface area contributed by atoms with Gasteiger partial charge in [-0.25, -0.2) is 0 Å². The molecular formula is C13H16BrN3O2S. The standard InChI is InChI=1S/C13H16BrN3O2S/c1-13(5-2-6-20-13)12(18)16-10-7-8(14)3-4-9(10)11(15)17-19/h3-4,7,19H,2,5-6H2,1H3,(H2,15,17)(H,16,18). The second-order valence-corrected chi connectivity index (χ2v) is 7.33. The molecule has 20 heavy (non-hydrogen) atoms. The van der Waals surface area contributed by atoms with E-state index < -0.39 is 4.75 Å². The lowest BCUT2D eigenvalue weighted by atomic mass is 10.0. The van der Waals surface area contributed by atoms with Crippen LogP contribution in [0.2, 0.25) is 0 Å². The van der Waals surface area contributed by atoms with Gasteiger partial charge in [0.05, 0.1) is 10.4 Å². The van der Waals surface area contributed by atoms with Crippen molar-refractivity contribution in [3.05, 3.63) is 28.2 Å². The molecule has 0 spiro atoms. The van der Waals surface area contributed by atoms with Crippen LogP contribution >= 0.6 is 27.7 Å². The van der Waals surface area contributed by atoms with E-state index in [1.54, 1.807) is 30.0 Å². The first-order chi connectivity index (χ1) is 9.46. The van der Waals surface area contributed by atoms with Crippen molar-refractivity contribution in [1.29, 1.82) is 0 Å². The van der Waals surface area contributed by atoms with Crippen molar-refractivity contribution in [1.82, 2.24) is 0 Å². The Morgan fingerprint density at radius 1 is 1.60 bits per heavy atom. The van der Waals surface area contributed by atoms with Gasteiger partial charge in [0.1, 0.15) is 0 Å². The average molecular weight is 358 g/mol. The number of nitrogens with zero attached hydrogens (tertiary/aromatic N) is 1. The molecule has 1 atom stereocenters. The maximum Gasteiger partial charge on any atom is 0.240 e. The summed E-state index contributed by atoms with van der Waals surface area (Å²) in [5, 5.41) is 14.7. The number of hydrogen-bond acceptors (Lipinski definition) is 4. The molecule has 1 aliphatic rings. The van der Waals surface area contributed by atoms with Crippen LogP contribution in [0.1, 0.15) is 25.3 Å². The summed E-state index contributed by atoms with van der Waals surface area (Å²) in [5.41, 5.74) is 6.67. The van der Waals surface area contributed by atoms with Crippen LogP contribution in [0, 0.1) is 0 Å². The number of nitrogens with one attached hydrogen (secondary N) is 1. The lowest BCUT2D eigenvalue weighted by molar-refractivity contribution is -0.118. The fraction of sp³-hybridized carbons (Fsp3) is 0.385. The first-order valence-corrected chi connectivity index (χ1v) is 7.97. The number of hydrogen-bond donors (Lipinski definition) is 3. The fourth-order valence-electron chi connectivity index (χ4n) is 2.11. The lowest BCUT2D eigenvalue weighted by Crippen LogP contribution is -2.35. The Kier molecular flexibility index (Phi) is 4.59. The monoisotopic (exact) mass is 357 g/mol. The summed E-state index contributed by atoms with van der Waals surface area (Å²) in [6.45, 7) is 1.95. The zero-order valence-electron chi connectivity index (χ0n) is 11.0. The van der Waals surface area contributed by atoms with Gasteiger partial charge in [0, 0.05) is 10.0 Å². The molecule has 0 aromatic heterocycles. The summed E-state index contributed by atoms with van der Waals surface area (Å²) in [4.78, 5) is 12.4. The van der Waals surface area contributed by atoms with Gasteiger partial charge in [-0.15, -0.1) is 11.8 Å². The predicted octanol–water partition coefficient (Wildman–Crippen LogP) is 2.77. The zero-order chi connectivity index (χ0) is 14.8. The van der Waals surface area contributed by atoms with Crippen LogP contribution in [-0.4, -0.2) is 27.4 Å². The van der Waals surface area contributed by atoms with Gasteiger partial charge in [-0.1, -0.05) is 21.1 Å². The quantitative estimate of drug-likeness (QED) is 0.336. The van der Waals surface area contributed by atoms with Crippen LogP contribution in [0.15, 0.2) is 27.8 Å². The van der Waals surface area contributed by atoms with Crippen molar-refractivity contribution in [2.24, 2.45) is 10.9 Å². The van der Waals surface area contributed by atoms with Gasteiger partial charge in [-0.3, -0.25) is 4.79 Å². The highest BCUT2D eigenvalue weighted by Gasteiger charge is 2.37. The Bertz CT molecular complexity index is 557. The van der Waals surface area contributed by atoms with Crippen molar-refractivity contribution in [2.45, 2.75) is 24.5 Å². The lowest BCUT2D eigenvalue weighted by Gasteiger charge is -2.22. The van der Waals surface area contributed by atoms with Crippen molar-refractivity contribution in [2.75, 3.05) is 11.1 Å². The van der Waals surface area contributed by atoms with Crippen molar-refractivity contribution in [3.63, 3.8) is 0 Å². The fourth-order valence-corrected chi connectivity index (χ4v) is 3.68. The molecule has 1 heterocycles. The molecule has 1 aliphatic heterocycles. The molecule has 108 valence electrons. The minimum Gasteiger partial charge on any atom is -0.409 e. The molecule has 1 fully saturated rings. The Morgan fingerprint density at radius 3 is 2.95 bits per heavy atom. The Balaban J connectivity index is 2.28. The number of rotatable bonds is 3. The van der Waals surface area contributed by atoms with Crippen molar-refractivity contribution < 1.29 is 10.0 Å². The van der Waals surface area contributed by atoms with Crippen molar-refractivity contribution >= 4 is 45.1 Å². The highest BCUT2D eigenvalue weighted by molar-refractivity contribution is 9.10. The molecule has 1 unspecified atom stereocenters. The third kappa shape index (κ3) is 3.09. The molecule has 4 N–H and O–H groups in total. The molecule has 7 heteroatoms. The van der Waals surface area contributed by atoms with Gasteiger partial charge in [-0.05, 0) is 43.7 Å². The van der Waals surface area contributed by atoms with Crippen LogP contribution in [0.5, 0.6) is 0 Å². The number of halogens is 1. The zero-order valence-corrected chi connectivity index (χ0v) is 13.4. The second-order valence-electron chi connectivity index (χ2n) is 4.81. The van der Waals surface area contributed by atoms with E-state index in [0.29, 0.717) is 11.3 Å². The number of thioether (sulfide) groups is 1. The topological polar surface area (TPSA) is 87.7 Å². The molecule has 2 rings (SSSR count). The summed E-state index contributed by atoms with van der Waals surface area (Å²) < 4.78 is 0.400. The van der Waals surface area contributed by atoms with E-state index in [9.17, 15) is 4.79 Å². The molecule has 1 amide bonds. The van der Waals surface area contributed by atoms with E-state index >= 15 is 0 Å². The number of carbonyl (C=O) groups excluding carboxylic acids is 1. The van der Waals surface area contributed by atoms with Crippen LogP contribution in [0.25, 0.3) is 0 Å². The number of benzene rings is 1. The number of amides is 1. The summed E-state index contributed by atoms with van der Waals surface area (Å²) in [5.74, 6) is 0.914. The highest BCUT2D eigenvalue weighted by atomic mass is 79.9. The maximum atomic E-state index is 12.4. The average Bonchev–Trinajstić information content (AvgIpc) is 2.86. The summed E-state index contributed by atoms with van der Waals surface area (Å²) in [6, 6.07) is 5.21. The van der Waals surface area contributed by atoms with Gasteiger partial charge >= 0.3 is 0 Å². The Morgan fingerprint density at radius 2 is 2.35 bits per heavy atom. The maximum absolute atomic E-state index is 12.4. The van der Waals surface area contributed by atoms with Crippen LogP contribution < -0.4 is 11.1 Å². The molecule has 0 radical (unpaired) electrons. The SMILES string of the molecule is CC1(C(=O)Nc2cc(Br)ccc2/C(N)=N/O)CCCS1. The predicted molar refractivity (Wildman–Crippen MR) is 85.4 cm³/mol. The van der Waals surface area contributed by atoms with Gasteiger partial charge in [-0.2, -0.15) is 0 Å². The first kappa shape index (κ1) is 15.2. The number of nitrogens with two attached hydrogens (primary N) is 1. The number of anilines is 1. The molecular weight excluding hydrogens is 342 g/mol. The smallest absolute Gasteiger partial charge is 0.240 e. The molecule has 1 aromatic rings. The summed E-state index contributed by atoms with van der Waals surface area (Å²) in [7, 11) is 0. The van der Waals surface area contributed by atoms with Crippen molar-refractivity contribution in [3.8, 4) is 0 Å². The molecule has 0 aliphatic carbocycles. The molecule has 5 nitrogen and oxygen atoms in total. The second kappa shape index (κ2) is 6.05. The summed E-state index contributed by atoms with van der Waals surface area (Å²) >= 11 is 5.02. The van der Waals surface area contributed by atoms with Gasteiger partial charge in [0.2, 0.25) is 5.91 Å². The Labute approximate surface area is 130 Å². The third-order valence-corrected chi connectivity index (χ3v) is 5.33. The van der Waals surface area contributed by atoms with Crippen LogP contribution in [0.4, 0.5) is 5.69 Å². The minimum atomic E-state index is -0.412. The van der Waals surface area contributed by atoms with E-state index in [-0.39, 0.29) is 11.7 Å². The van der Waals surface area contributed by atoms with E-state index in [1.165, 1.54) is 0 Å². The highest BCUT2D eigenvalue weighted by Crippen LogP contribution is 2.38. The van der Waals surface area contributed by atoms with E-state index in [0.717, 1.165) is 23.1 Å². The minimum absolute atomic E-state index is 0.0305. The molecule has 0 saturated carbocycles. The van der Waals surface area contributed by atoms with Gasteiger partial charge in [0.25, 0.3) is 0 Å². The number of carbonyl (C=O) groups is 1.